The van der Waals surface area contributed by atoms with Crippen LogP contribution in [0.15, 0.2) is 173 Å². The third-order valence-corrected chi connectivity index (χ3v) is 9.41. The highest BCUT2D eigenvalue weighted by Gasteiger charge is 2.16. The van der Waals surface area contributed by atoms with Crippen LogP contribution in [0.1, 0.15) is 0 Å². The largest absolute Gasteiger partial charge is 0.456 e. The van der Waals surface area contributed by atoms with Crippen LogP contribution in [-0.2, 0) is 0 Å². The molecule has 2 aromatic heterocycles. The van der Waals surface area contributed by atoms with Gasteiger partial charge in [0.25, 0.3) is 0 Å². The number of furan rings is 2. The van der Waals surface area contributed by atoms with Gasteiger partial charge in [0, 0.05) is 38.6 Å². The van der Waals surface area contributed by atoms with Crippen molar-refractivity contribution in [1.82, 2.24) is 0 Å². The summed E-state index contributed by atoms with van der Waals surface area (Å²) in [6.45, 7) is 0. The van der Waals surface area contributed by atoms with Crippen LogP contribution in [0.5, 0.6) is 0 Å². The molecule has 0 saturated heterocycles. The van der Waals surface area contributed by atoms with Crippen LogP contribution >= 0.6 is 0 Å². The highest BCUT2D eigenvalue weighted by Crippen LogP contribution is 2.41. The zero-order chi connectivity index (χ0) is 30.9. The van der Waals surface area contributed by atoms with Crippen molar-refractivity contribution >= 4 is 82.5 Å². The third-order valence-electron chi connectivity index (χ3n) is 9.41. The lowest BCUT2D eigenvalue weighted by Gasteiger charge is -2.26. The number of fused-ring (bicyclic) bond motifs is 9. The molecule has 3 nitrogen and oxygen atoms in total. The van der Waals surface area contributed by atoms with Crippen molar-refractivity contribution in [3.8, 4) is 11.1 Å². The van der Waals surface area contributed by atoms with Crippen molar-refractivity contribution in [1.29, 1.82) is 0 Å². The summed E-state index contributed by atoms with van der Waals surface area (Å²) in [5, 5.41) is 9.34. The van der Waals surface area contributed by atoms with Gasteiger partial charge in [0.1, 0.15) is 22.3 Å². The fraction of sp³-hybridized carbons (Fsp3) is 0. The van der Waals surface area contributed by atoms with Crippen LogP contribution in [0.4, 0.5) is 17.1 Å². The zero-order valence-corrected chi connectivity index (χ0v) is 25.4. The number of hydrogen-bond donors (Lipinski definition) is 0. The molecule has 10 aromatic rings. The van der Waals surface area contributed by atoms with Gasteiger partial charge in [0.15, 0.2) is 0 Å². The predicted octanol–water partition coefficient (Wildman–Crippen LogP) is 12.9. The van der Waals surface area contributed by atoms with Crippen molar-refractivity contribution in [2.75, 3.05) is 4.90 Å². The molecule has 0 aliphatic heterocycles. The van der Waals surface area contributed by atoms with Gasteiger partial charge in [-0.05, 0) is 105 Å². The molecule has 0 unspecified atom stereocenters. The molecule has 0 saturated carbocycles. The van der Waals surface area contributed by atoms with E-state index in [-0.39, 0.29) is 0 Å². The van der Waals surface area contributed by atoms with E-state index in [2.05, 4.69) is 157 Å². The van der Waals surface area contributed by atoms with E-state index in [1.54, 1.807) is 0 Å². The summed E-state index contributed by atoms with van der Waals surface area (Å²) < 4.78 is 12.6. The molecule has 0 aliphatic carbocycles. The van der Waals surface area contributed by atoms with Crippen molar-refractivity contribution in [3.05, 3.63) is 164 Å². The van der Waals surface area contributed by atoms with E-state index in [4.69, 9.17) is 8.83 Å². The molecule has 8 aromatic carbocycles. The normalized spacial score (nSPS) is 11.8. The van der Waals surface area contributed by atoms with Gasteiger partial charge in [-0.15, -0.1) is 0 Å². The first-order valence-corrected chi connectivity index (χ1v) is 15.9. The minimum absolute atomic E-state index is 0.900. The average Bonchev–Trinajstić information content (AvgIpc) is 3.69. The molecule has 220 valence electrons. The molecule has 0 bridgehead atoms. The number of nitrogens with zero attached hydrogens (tertiary/aromatic N) is 1. The topological polar surface area (TPSA) is 29.5 Å². The van der Waals surface area contributed by atoms with Gasteiger partial charge in [-0.2, -0.15) is 0 Å². The van der Waals surface area contributed by atoms with Crippen molar-refractivity contribution in [2.45, 2.75) is 0 Å². The lowest BCUT2D eigenvalue weighted by molar-refractivity contribution is 0.669. The van der Waals surface area contributed by atoms with Crippen molar-refractivity contribution < 1.29 is 8.83 Å². The second kappa shape index (κ2) is 10.1. The number of benzene rings is 8. The summed E-state index contributed by atoms with van der Waals surface area (Å²) in [4.78, 5) is 2.32. The molecule has 10 rings (SSSR count). The molecule has 2 heterocycles. The van der Waals surface area contributed by atoms with Gasteiger partial charge in [-0.3, -0.25) is 0 Å². The first-order chi connectivity index (χ1) is 23.3. The van der Waals surface area contributed by atoms with Gasteiger partial charge in [-0.25, -0.2) is 0 Å². The Kier molecular flexibility index (Phi) is 5.57. The maximum Gasteiger partial charge on any atom is 0.136 e. The van der Waals surface area contributed by atoms with E-state index in [1.165, 1.54) is 21.5 Å². The van der Waals surface area contributed by atoms with E-state index in [9.17, 15) is 0 Å². The minimum atomic E-state index is 0.900. The number of rotatable bonds is 4. The predicted molar refractivity (Wildman–Crippen MR) is 196 cm³/mol. The quantitative estimate of drug-likeness (QED) is 0.201. The van der Waals surface area contributed by atoms with Crippen LogP contribution in [0, 0.1) is 0 Å². The standard InChI is InChI=1S/C44H27NO2/c1-2-10-33(11-3-1)45(35-21-16-29-18-23-41-44(38(29)27-35)37-12-6-7-13-40(37)46-41)34-19-14-28(15-20-34)32-17-22-36-39-24-30-8-4-5-9-31(30)25-43(39)47-42(36)26-32/h1-27H. The van der Waals surface area contributed by atoms with Gasteiger partial charge in [0.2, 0.25) is 0 Å². The molecule has 0 fully saturated rings. The van der Waals surface area contributed by atoms with E-state index in [0.29, 0.717) is 0 Å². The van der Waals surface area contributed by atoms with Gasteiger partial charge < -0.3 is 13.7 Å². The van der Waals surface area contributed by atoms with Gasteiger partial charge in [-0.1, -0.05) is 91.0 Å². The molecule has 0 atom stereocenters. The zero-order valence-electron chi connectivity index (χ0n) is 25.4. The molecule has 0 radical (unpaired) electrons. The molecule has 0 amide bonds. The summed E-state index contributed by atoms with van der Waals surface area (Å²) in [6.07, 6.45) is 0. The van der Waals surface area contributed by atoms with E-state index in [1.807, 2.05) is 12.1 Å². The summed E-state index contributed by atoms with van der Waals surface area (Å²) in [5.74, 6) is 0. The third kappa shape index (κ3) is 4.14. The second-order valence-corrected chi connectivity index (χ2v) is 12.2. The molecule has 0 spiro atoms. The van der Waals surface area contributed by atoms with E-state index >= 15 is 0 Å². The maximum absolute atomic E-state index is 6.37. The Morgan fingerprint density at radius 3 is 1.85 bits per heavy atom. The summed E-state index contributed by atoms with van der Waals surface area (Å²) >= 11 is 0. The van der Waals surface area contributed by atoms with Crippen LogP contribution in [0.2, 0.25) is 0 Å². The highest BCUT2D eigenvalue weighted by atomic mass is 16.3. The summed E-state index contributed by atoms with van der Waals surface area (Å²) in [6, 6.07) is 57.9. The van der Waals surface area contributed by atoms with E-state index < -0.39 is 0 Å². The lowest BCUT2D eigenvalue weighted by atomic mass is 10.0. The molecule has 0 aliphatic rings. The first-order valence-electron chi connectivity index (χ1n) is 15.9. The number of anilines is 3. The Hall–Kier alpha value is -6.32. The van der Waals surface area contributed by atoms with Crippen LogP contribution in [-0.4, -0.2) is 0 Å². The van der Waals surface area contributed by atoms with Gasteiger partial charge in [0.05, 0.1) is 0 Å². The Labute approximate surface area is 270 Å². The van der Waals surface area contributed by atoms with Crippen molar-refractivity contribution in [2.24, 2.45) is 0 Å². The average molecular weight is 602 g/mol. The van der Waals surface area contributed by atoms with Crippen molar-refractivity contribution in [3.63, 3.8) is 0 Å². The van der Waals surface area contributed by atoms with Crippen LogP contribution < -0.4 is 4.90 Å². The first kappa shape index (κ1) is 26.0. The Morgan fingerprint density at radius 2 is 0.979 bits per heavy atom. The number of hydrogen-bond acceptors (Lipinski definition) is 3. The molecular formula is C44H27NO2. The van der Waals surface area contributed by atoms with Gasteiger partial charge >= 0.3 is 0 Å². The second-order valence-electron chi connectivity index (χ2n) is 12.2. The summed E-state index contributed by atoms with van der Waals surface area (Å²) in [7, 11) is 0. The Morgan fingerprint density at radius 1 is 0.319 bits per heavy atom. The minimum Gasteiger partial charge on any atom is -0.456 e. The van der Waals surface area contributed by atoms with Crippen LogP contribution in [0.3, 0.4) is 0 Å². The van der Waals surface area contributed by atoms with Crippen LogP contribution in [0.25, 0.3) is 76.5 Å². The highest BCUT2D eigenvalue weighted by molar-refractivity contribution is 6.19. The Balaban J connectivity index is 1.08. The molecule has 3 heteroatoms. The maximum atomic E-state index is 6.37. The molecular weight excluding hydrogens is 574 g/mol. The molecule has 0 N–H and O–H groups in total. The summed E-state index contributed by atoms with van der Waals surface area (Å²) in [5.41, 5.74) is 9.16. The fourth-order valence-corrected chi connectivity index (χ4v) is 7.14. The van der Waals surface area contributed by atoms with E-state index in [0.717, 1.165) is 72.1 Å². The lowest BCUT2D eigenvalue weighted by Crippen LogP contribution is -2.09. The fourth-order valence-electron chi connectivity index (χ4n) is 7.14. The monoisotopic (exact) mass is 601 g/mol. The SMILES string of the molecule is c1ccc(N(c2ccc(-c3ccc4c(c3)oc3cc5ccccc5cc34)cc2)c2ccc3ccc4oc5ccccc5c4c3c2)cc1. The number of para-hydroxylation sites is 2. The smallest absolute Gasteiger partial charge is 0.136 e. The molecule has 47 heavy (non-hydrogen) atoms. The Bertz CT molecular complexity index is 2790.